The maximum absolute atomic E-state index is 12.6. The van der Waals surface area contributed by atoms with Crippen LogP contribution in [0.1, 0.15) is 23.8 Å². The summed E-state index contributed by atoms with van der Waals surface area (Å²) in [6.45, 7) is 0.0446. The number of benzene rings is 1. The maximum atomic E-state index is 12.6. The smallest absolute Gasteiger partial charge is 0.393 e. The van der Waals surface area contributed by atoms with Crippen LogP contribution in [0.5, 0.6) is 0 Å². The van der Waals surface area contributed by atoms with Crippen molar-refractivity contribution in [2.45, 2.75) is 22.9 Å². The van der Waals surface area contributed by atoms with Gasteiger partial charge in [0, 0.05) is 30.5 Å². The van der Waals surface area contributed by atoms with Crippen molar-refractivity contribution in [1.29, 1.82) is 0 Å². The van der Waals surface area contributed by atoms with Gasteiger partial charge >= 0.3 is 11.5 Å². The van der Waals surface area contributed by atoms with Gasteiger partial charge in [-0.1, -0.05) is 17.7 Å². The average Bonchev–Trinajstić information content (AvgIpc) is 2.78. The summed E-state index contributed by atoms with van der Waals surface area (Å²) in [6, 6.07) is 4.70. The molecule has 33 heavy (non-hydrogen) atoms. The van der Waals surface area contributed by atoms with Gasteiger partial charge in [-0.05, 0) is 42.3 Å². The lowest BCUT2D eigenvalue weighted by molar-refractivity contribution is -0.0436. The largest absolute Gasteiger partial charge is 0.501 e. The quantitative estimate of drug-likeness (QED) is 0.573. The highest BCUT2D eigenvalue weighted by molar-refractivity contribution is 7.92. The molecule has 0 aliphatic carbocycles. The molecule has 1 aliphatic heterocycles. The Morgan fingerprint density at radius 3 is 2.45 bits per heavy atom. The molecule has 0 unspecified atom stereocenters. The third-order valence-electron chi connectivity index (χ3n) is 4.94. The van der Waals surface area contributed by atoms with Crippen molar-refractivity contribution in [1.82, 2.24) is 9.88 Å². The maximum Gasteiger partial charge on any atom is 0.501 e. The molecule has 1 aromatic carbocycles. The summed E-state index contributed by atoms with van der Waals surface area (Å²) in [5.74, 6) is 0. The number of hydrogen-bond acceptors (Lipinski definition) is 6. The Bertz CT molecular complexity index is 1170. The second-order valence-electron chi connectivity index (χ2n) is 7.13. The number of nitrogens with zero attached hydrogens (tertiary/aromatic N) is 2. The third kappa shape index (κ3) is 5.46. The van der Waals surface area contributed by atoms with Crippen molar-refractivity contribution in [2.24, 2.45) is 0 Å². The molecule has 0 saturated carbocycles. The second kappa shape index (κ2) is 9.67. The number of aromatic nitrogens is 1. The number of urea groups is 1. The number of hydrogen-bond donors (Lipinski definition) is 3. The Labute approximate surface area is 192 Å². The van der Waals surface area contributed by atoms with Crippen LogP contribution in [0.25, 0.3) is 5.57 Å². The third-order valence-corrected chi connectivity index (χ3v) is 6.73. The fraction of sp³-hybridized carbons (Fsp3) is 0.300. The highest BCUT2D eigenvalue weighted by Gasteiger charge is 2.46. The van der Waals surface area contributed by atoms with Crippen LogP contribution in [0.2, 0.25) is 5.02 Å². The van der Waals surface area contributed by atoms with E-state index in [1.807, 2.05) is 0 Å². The zero-order valence-corrected chi connectivity index (χ0v) is 18.5. The molecule has 0 spiro atoms. The van der Waals surface area contributed by atoms with Crippen LogP contribution in [0.4, 0.5) is 23.7 Å². The van der Waals surface area contributed by atoms with E-state index in [1.54, 1.807) is 6.08 Å². The van der Waals surface area contributed by atoms with Gasteiger partial charge in [0.15, 0.2) is 0 Å². The molecule has 178 valence electrons. The molecule has 0 radical (unpaired) electrons. The number of aliphatic hydroxyl groups is 2. The first kappa shape index (κ1) is 25.0. The predicted octanol–water partition coefficient (Wildman–Crippen LogP) is 3.38. The molecular weight excluding hydrogens is 487 g/mol. The van der Waals surface area contributed by atoms with Crippen LogP contribution in [-0.2, 0) is 9.84 Å². The predicted molar refractivity (Wildman–Crippen MR) is 114 cm³/mol. The molecule has 2 aromatic rings. The second-order valence-corrected chi connectivity index (χ2v) is 9.47. The minimum absolute atomic E-state index is 0.138. The minimum atomic E-state index is -5.46. The van der Waals surface area contributed by atoms with E-state index in [-0.39, 0.29) is 17.3 Å². The Balaban J connectivity index is 1.65. The molecule has 2 amide bonds. The van der Waals surface area contributed by atoms with E-state index >= 15 is 0 Å². The van der Waals surface area contributed by atoms with Crippen LogP contribution in [0.3, 0.4) is 0 Å². The van der Waals surface area contributed by atoms with E-state index in [9.17, 15) is 31.5 Å². The lowest BCUT2D eigenvalue weighted by Crippen LogP contribution is -2.38. The Hall–Kier alpha value is -2.67. The number of halogens is 4. The van der Waals surface area contributed by atoms with Gasteiger partial charge in [-0.15, -0.1) is 0 Å². The molecular formula is C20H19ClF3N3O5S. The van der Waals surface area contributed by atoms with Crippen molar-refractivity contribution >= 4 is 38.7 Å². The number of sulfone groups is 1. The van der Waals surface area contributed by atoms with E-state index in [0.29, 0.717) is 24.2 Å². The number of pyridine rings is 1. The zero-order chi connectivity index (χ0) is 24.4. The minimum Gasteiger partial charge on any atom is -0.393 e. The van der Waals surface area contributed by atoms with E-state index in [0.717, 1.165) is 29.8 Å². The summed E-state index contributed by atoms with van der Waals surface area (Å²) < 4.78 is 60.7. The Morgan fingerprint density at radius 2 is 1.94 bits per heavy atom. The van der Waals surface area contributed by atoms with Gasteiger partial charge in [0.1, 0.15) is 6.10 Å². The van der Waals surface area contributed by atoms with Gasteiger partial charge in [0.05, 0.1) is 22.2 Å². The summed E-state index contributed by atoms with van der Waals surface area (Å²) in [4.78, 5) is 17.2. The molecule has 3 rings (SSSR count). The van der Waals surface area contributed by atoms with Gasteiger partial charge in [0.2, 0.25) is 0 Å². The van der Waals surface area contributed by atoms with Crippen molar-refractivity contribution in [3.05, 3.63) is 58.9 Å². The molecule has 0 fully saturated rings. The van der Waals surface area contributed by atoms with E-state index in [4.69, 9.17) is 16.7 Å². The fourth-order valence-corrected chi connectivity index (χ4v) is 4.16. The molecule has 13 heteroatoms. The highest BCUT2D eigenvalue weighted by Crippen LogP contribution is 2.31. The first-order valence-electron chi connectivity index (χ1n) is 9.55. The average molecular weight is 506 g/mol. The molecule has 1 atom stereocenters. The molecule has 3 N–H and O–H groups in total. The van der Waals surface area contributed by atoms with Crippen LogP contribution >= 0.6 is 11.6 Å². The number of aliphatic hydroxyl groups excluding tert-OH is 2. The van der Waals surface area contributed by atoms with Gasteiger partial charge in [-0.2, -0.15) is 13.2 Å². The first-order chi connectivity index (χ1) is 15.4. The number of anilines is 1. The zero-order valence-electron chi connectivity index (χ0n) is 16.9. The summed E-state index contributed by atoms with van der Waals surface area (Å²) in [5, 5.41) is 21.5. The first-order valence-corrected chi connectivity index (χ1v) is 11.4. The number of nitrogens with one attached hydrogen (secondary N) is 1. The standard InChI is InChI=1S/C20H19ClF3N3O5S/c21-16-9-13(17(29)11-28)10-25-18(16)12-5-7-27(8-6-12)19(30)26-14-1-3-15(4-2-14)33(31,32)20(22,23)24/h1-5,9-10,17,28-29H,6-8,11H2,(H,26,30)/t17-/m0/s1. The lowest BCUT2D eigenvalue weighted by Gasteiger charge is -2.27. The fourth-order valence-electron chi connectivity index (χ4n) is 3.10. The number of alkyl halides is 3. The Morgan fingerprint density at radius 1 is 1.27 bits per heavy atom. The highest BCUT2D eigenvalue weighted by atomic mass is 35.5. The van der Waals surface area contributed by atoms with E-state index < -0.39 is 39.0 Å². The van der Waals surface area contributed by atoms with Crippen molar-refractivity contribution in [2.75, 3.05) is 25.0 Å². The number of amides is 2. The molecule has 8 nitrogen and oxygen atoms in total. The summed E-state index contributed by atoms with van der Waals surface area (Å²) in [6.07, 6.45) is 2.49. The summed E-state index contributed by atoms with van der Waals surface area (Å²) >= 11 is 6.24. The lowest BCUT2D eigenvalue weighted by atomic mass is 10.0. The van der Waals surface area contributed by atoms with Gasteiger partial charge < -0.3 is 20.4 Å². The van der Waals surface area contributed by atoms with Gasteiger partial charge in [-0.3, -0.25) is 4.98 Å². The van der Waals surface area contributed by atoms with Crippen LogP contribution in [-0.4, -0.2) is 59.8 Å². The van der Waals surface area contributed by atoms with Crippen molar-refractivity contribution in [3.63, 3.8) is 0 Å². The number of rotatable bonds is 5. The van der Waals surface area contributed by atoms with Crippen molar-refractivity contribution < 1.29 is 36.6 Å². The molecule has 0 bridgehead atoms. The molecule has 1 aromatic heterocycles. The molecule has 0 saturated heterocycles. The summed E-state index contributed by atoms with van der Waals surface area (Å²) in [5.41, 5.74) is -3.62. The van der Waals surface area contributed by atoms with Crippen LogP contribution in [0.15, 0.2) is 47.5 Å². The monoisotopic (exact) mass is 505 g/mol. The topological polar surface area (TPSA) is 120 Å². The van der Waals surface area contributed by atoms with Gasteiger partial charge in [0.25, 0.3) is 9.84 Å². The van der Waals surface area contributed by atoms with Crippen LogP contribution in [0, 0.1) is 0 Å². The summed E-state index contributed by atoms with van der Waals surface area (Å²) in [7, 11) is -5.46. The van der Waals surface area contributed by atoms with Crippen LogP contribution < -0.4 is 5.32 Å². The van der Waals surface area contributed by atoms with Crippen molar-refractivity contribution in [3.8, 4) is 0 Å². The van der Waals surface area contributed by atoms with Gasteiger partial charge in [-0.25, -0.2) is 13.2 Å². The normalized spacial score (nSPS) is 15.7. The van der Waals surface area contributed by atoms with E-state index in [2.05, 4.69) is 10.3 Å². The number of carbonyl (C=O) groups excluding carboxylic acids is 1. The van der Waals surface area contributed by atoms with E-state index in [1.165, 1.54) is 17.2 Å². The molecule has 1 aliphatic rings. The SMILES string of the molecule is O=C(Nc1ccc(S(=O)(=O)C(F)(F)F)cc1)N1CC=C(c2ncc([C@@H](O)CO)cc2Cl)CC1. The molecule has 2 heterocycles. The number of carbonyl (C=O) groups is 1. The Kier molecular flexibility index (Phi) is 7.32.